The molecule has 2 aliphatic rings. The van der Waals surface area contributed by atoms with E-state index in [-0.39, 0.29) is 19.3 Å². The van der Waals surface area contributed by atoms with Gasteiger partial charge in [0.1, 0.15) is 0 Å². The van der Waals surface area contributed by atoms with E-state index in [1.165, 1.54) is 12.8 Å². The van der Waals surface area contributed by atoms with Crippen molar-refractivity contribution < 1.29 is 32.2 Å². The molecule has 0 fully saturated rings. The predicted molar refractivity (Wildman–Crippen MR) is 78.6 cm³/mol. The van der Waals surface area contributed by atoms with Gasteiger partial charge in [-0.25, -0.2) is 0 Å². The van der Waals surface area contributed by atoms with E-state index >= 15 is 0 Å². The first-order valence-electron chi connectivity index (χ1n) is 6.43. The first-order chi connectivity index (χ1) is 8.10. The van der Waals surface area contributed by atoms with Gasteiger partial charge in [-0.1, -0.05) is 0 Å². The zero-order valence-electron chi connectivity index (χ0n) is 12.8. The van der Waals surface area contributed by atoms with Crippen molar-refractivity contribution in [3.63, 3.8) is 0 Å². The van der Waals surface area contributed by atoms with E-state index in [1.807, 2.05) is 6.56 Å². The Balaban J connectivity index is 0.00000162. The minimum Gasteiger partial charge on any atom is -1.00 e. The van der Waals surface area contributed by atoms with Gasteiger partial charge in [0.15, 0.2) is 0 Å². The number of hydrogen-bond acceptors (Lipinski definition) is 0. The van der Waals surface area contributed by atoms with Crippen molar-refractivity contribution in [1.29, 1.82) is 0 Å². The second-order valence-electron chi connectivity index (χ2n) is 5.40. The van der Waals surface area contributed by atoms with Crippen LogP contribution in [0.2, 0.25) is 13.1 Å². The fourth-order valence-corrected chi connectivity index (χ4v) is 32.7. The van der Waals surface area contributed by atoms with Crippen molar-refractivity contribution in [2.24, 2.45) is 0 Å². The zero-order chi connectivity index (χ0) is 12.5. The first-order valence-corrected chi connectivity index (χ1v) is 16.3. The van der Waals surface area contributed by atoms with Gasteiger partial charge in [-0.3, -0.25) is 0 Å². The minimum atomic E-state index is -2.36. The summed E-state index contributed by atoms with van der Waals surface area (Å²) < 4.78 is 5.43. The standard InChI is InChI=1S/2C5H5.C3H6.C2H6Si.ClH.Zr.H/c2*1-2-4-5-3-1;2*1-3-2;;;/h2*1-3H,4H2;2*1-2H3;1H;;/q;;;;;;-1/p-1. The Labute approximate surface area is 123 Å². The van der Waals surface area contributed by atoms with Crippen LogP contribution < -0.4 is 12.4 Å². The average molecular weight is 358 g/mol. The van der Waals surface area contributed by atoms with E-state index in [1.54, 1.807) is 3.21 Å². The van der Waals surface area contributed by atoms with Crippen LogP contribution in [0.1, 0.15) is 28.1 Å². The Hall–Kier alpha value is 0.220. The Morgan fingerprint density at radius 2 is 1.50 bits per heavy atom. The molecule has 0 spiro atoms. The van der Waals surface area contributed by atoms with E-state index in [0.29, 0.717) is 0 Å². The van der Waals surface area contributed by atoms with Gasteiger partial charge in [-0.05, 0) is 0 Å². The van der Waals surface area contributed by atoms with Crippen LogP contribution in [0, 0.1) is 0 Å². The van der Waals surface area contributed by atoms with Crippen LogP contribution in [0.4, 0.5) is 0 Å². The molecule has 0 aromatic carbocycles. The van der Waals surface area contributed by atoms with Gasteiger partial charge in [0.05, 0.1) is 0 Å². The molecule has 0 nitrogen and oxygen atoms in total. The molecule has 2 rings (SSSR count). The fourth-order valence-electron chi connectivity index (χ4n) is 3.44. The minimum absolute atomic E-state index is 0. The van der Waals surface area contributed by atoms with Gasteiger partial charge in [-0.15, -0.1) is 0 Å². The Morgan fingerprint density at radius 1 is 1.06 bits per heavy atom. The Bertz CT molecular complexity index is 521. The van der Waals surface area contributed by atoms with Crippen LogP contribution in [0.5, 0.6) is 0 Å². The third kappa shape index (κ3) is 2.57. The second kappa shape index (κ2) is 6.59. The molecule has 0 heterocycles. The van der Waals surface area contributed by atoms with Gasteiger partial charge < -0.3 is 13.8 Å². The molecule has 0 radical (unpaired) electrons. The summed E-state index contributed by atoms with van der Waals surface area (Å²) in [4.78, 5) is 0. The summed E-state index contributed by atoms with van der Waals surface area (Å²) in [6.07, 6.45) is 16.6. The normalized spacial score (nSPS) is 16.4. The van der Waals surface area contributed by atoms with Crippen LogP contribution >= 0.6 is 0 Å². The summed E-state index contributed by atoms with van der Waals surface area (Å²) in [5, 5.41) is 0. The second-order valence-corrected chi connectivity index (χ2v) is 28.5. The van der Waals surface area contributed by atoms with Gasteiger partial charge in [-0.2, -0.15) is 0 Å². The number of halogens is 1. The molecule has 0 aromatic heterocycles. The third-order valence-corrected chi connectivity index (χ3v) is 33.6. The van der Waals surface area contributed by atoms with Crippen LogP contribution in [0.15, 0.2) is 43.0 Å². The molecule has 0 bridgehead atoms. The number of hydrogen-bond donors (Lipinski definition) is 0. The van der Waals surface area contributed by atoms with Crippen LogP contribution in [-0.4, -0.2) is 8.64 Å². The van der Waals surface area contributed by atoms with Crippen molar-refractivity contribution in [3.8, 4) is 0 Å². The molecule has 0 amide bonds. The van der Waals surface area contributed by atoms with E-state index in [0.717, 1.165) is 0 Å². The summed E-state index contributed by atoms with van der Waals surface area (Å²) in [6.45, 7) is 9.91. The Morgan fingerprint density at radius 3 is 1.72 bits per heavy atom. The first kappa shape index (κ1) is 16.3. The van der Waals surface area contributed by atoms with Gasteiger partial charge in [0.2, 0.25) is 0 Å². The smallest absolute Gasteiger partial charge is 1.00 e. The maximum absolute atomic E-state index is 2.55. The monoisotopic (exact) mass is 356 g/mol. The van der Waals surface area contributed by atoms with E-state index in [9.17, 15) is 0 Å². The van der Waals surface area contributed by atoms with E-state index in [2.05, 4.69) is 63.4 Å². The van der Waals surface area contributed by atoms with Crippen molar-refractivity contribution in [2.75, 3.05) is 0 Å². The quantitative estimate of drug-likeness (QED) is 0.655. The van der Waals surface area contributed by atoms with Crippen LogP contribution in [0.25, 0.3) is 0 Å². The molecule has 18 heavy (non-hydrogen) atoms. The number of rotatable bonds is 2. The third-order valence-electron chi connectivity index (χ3n) is 4.01. The SMILES string of the molecule is C[C](C)=[Zr]([C]1=CC=CC1)([C]1=CC=CC1)=[Si](C)C.[Cl-].[H-]. The maximum Gasteiger partial charge on any atom is -1.00 e. The predicted octanol–water partition coefficient (Wildman–Crippen LogP) is 1.41. The summed E-state index contributed by atoms with van der Waals surface area (Å²) in [5.74, 6) is 0. The molecule has 0 atom stereocenters. The molecular weight excluding hydrogens is 335 g/mol. The van der Waals surface area contributed by atoms with Crippen LogP contribution in [0.3, 0.4) is 0 Å². The molecule has 2 aliphatic carbocycles. The molecule has 0 saturated carbocycles. The molecule has 0 saturated heterocycles. The van der Waals surface area contributed by atoms with E-state index in [4.69, 9.17) is 0 Å². The summed E-state index contributed by atoms with van der Waals surface area (Å²) >= 11 is -2.36. The molecule has 3 heteroatoms. The average Bonchev–Trinajstić information content (AvgIpc) is 2.88. The summed E-state index contributed by atoms with van der Waals surface area (Å²) in [5.41, 5.74) is -0.241. The van der Waals surface area contributed by atoms with E-state index < -0.39 is 18.4 Å². The van der Waals surface area contributed by atoms with Gasteiger partial charge in [0.25, 0.3) is 0 Å². The molecule has 0 N–H and O–H groups in total. The molecule has 0 aliphatic heterocycles. The summed E-state index contributed by atoms with van der Waals surface area (Å²) in [6, 6.07) is 0. The topological polar surface area (TPSA) is 0 Å². The molecule has 100 valence electrons. The zero-order valence-corrected chi connectivity index (χ0v) is 16.0. The molecule has 0 aromatic rings. The van der Waals surface area contributed by atoms with Gasteiger partial charge >= 0.3 is 110 Å². The maximum atomic E-state index is 2.55. The number of allylic oxidation sites excluding steroid dienone is 8. The fraction of sp³-hybridized carbons (Fsp3) is 0.400. The summed E-state index contributed by atoms with van der Waals surface area (Å²) in [7, 11) is 0. The van der Waals surface area contributed by atoms with Gasteiger partial charge in [0, 0.05) is 0 Å². The largest absolute Gasteiger partial charge is 1.00 e. The van der Waals surface area contributed by atoms with Crippen LogP contribution in [-0.2, 0) is 18.4 Å². The molecule has 0 unspecified atom stereocenters. The molecular formula is C15H23ClSiZr-2. The van der Waals surface area contributed by atoms with Crippen molar-refractivity contribution in [1.82, 2.24) is 0 Å². The van der Waals surface area contributed by atoms with Crippen molar-refractivity contribution in [3.05, 3.63) is 43.0 Å². The Kier molecular flexibility index (Phi) is 5.96. The van der Waals surface area contributed by atoms with Crippen molar-refractivity contribution >= 4 is 8.64 Å². The van der Waals surface area contributed by atoms with Crippen molar-refractivity contribution in [2.45, 2.75) is 39.8 Å².